The largest absolute Gasteiger partial charge is 0.364 e. The van der Waals surface area contributed by atoms with Crippen molar-refractivity contribution in [1.29, 1.82) is 0 Å². The molecule has 0 saturated heterocycles. The standard InChI is InChI=1S/C15H11ClN4O/c1-8-12(20-14(16)13(19-8)15(17)21)10-4-5-11-9(7-10)3-2-6-18-11/h2-7H,1H3,(H2,17,21). The van der Waals surface area contributed by atoms with Gasteiger partial charge in [0.25, 0.3) is 5.91 Å². The van der Waals surface area contributed by atoms with Crippen molar-refractivity contribution in [3.63, 3.8) is 0 Å². The van der Waals surface area contributed by atoms with Gasteiger partial charge in [-0.2, -0.15) is 0 Å². The Morgan fingerprint density at radius 1 is 1.24 bits per heavy atom. The van der Waals surface area contributed by atoms with Crippen molar-refractivity contribution in [2.75, 3.05) is 0 Å². The molecule has 0 radical (unpaired) electrons. The number of nitrogens with zero attached hydrogens (tertiary/aromatic N) is 3. The predicted molar refractivity (Wildman–Crippen MR) is 81.0 cm³/mol. The minimum Gasteiger partial charge on any atom is -0.364 e. The van der Waals surface area contributed by atoms with Crippen LogP contribution in [0.4, 0.5) is 0 Å². The maximum Gasteiger partial charge on any atom is 0.270 e. The molecule has 5 nitrogen and oxygen atoms in total. The highest BCUT2D eigenvalue weighted by Crippen LogP contribution is 2.26. The molecule has 104 valence electrons. The van der Waals surface area contributed by atoms with Crippen LogP contribution in [0.25, 0.3) is 22.2 Å². The van der Waals surface area contributed by atoms with E-state index in [0.717, 1.165) is 16.5 Å². The van der Waals surface area contributed by atoms with E-state index in [1.165, 1.54) is 0 Å². The molecule has 2 heterocycles. The number of carbonyl (C=O) groups is 1. The van der Waals surface area contributed by atoms with Crippen molar-refractivity contribution in [2.45, 2.75) is 6.92 Å². The second kappa shape index (κ2) is 5.10. The molecule has 6 heteroatoms. The maximum absolute atomic E-state index is 11.2. The molecule has 3 aromatic rings. The van der Waals surface area contributed by atoms with Gasteiger partial charge in [0.2, 0.25) is 0 Å². The normalized spacial score (nSPS) is 10.8. The lowest BCUT2D eigenvalue weighted by molar-refractivity contribution is 0.0995. The first-order valence-corrected chi connectivity index (χ1v) is 6.63. The van der Waals surface area contributed by atoms with Gasteiger partial charge in [0.05, 0.1) is 16.9 Å². The number of fused-ring (bicyclic) bond motifs is 1. The van der Waals surface area contributed by atoms with Crippen LogP contribution < -0.4 is 5.73 Å². The topological polar surface area (TPSA) is 81.8 Å². The fourth-order valence-corrected chi connectivity index (χ4v) is 2.37. The molecular weight excluding hydrogens is 288 g/mol. The number of primary amides is 1. The van der Waals surface area contributed by atoms with E-state index in [1.807, 2.05) is 30.3 Å². The highest BCUT2D eigenvalue weighted by atomic mass is 35.5. The number of halogens is 1. The predicted octanol–water partition coefficient (Wildman–Crippen LogP) is 2.75. The molecule has 3 rings (SSSR count). The molecule has 0 atom stereocenters. The number of amides is 1. The van der Waals surface area contributed by atoms with E-state index in [4.69, 9.17) is 17.3 Å². The van der Waals surface area contributed by atoms with Gasteiger partial charge < -0.3 is 5.73 Å². The molecule has 1 aromatic carbocycles. The summed E-state index contributed by atoms with van der Waals surface area (Å²) in [5.74, 6) is -0.690. The number of hydrogen-bond donors (Lipinski definition) is 1. The van der Waals surface area contributed by atoms with Crippen LogP contribution in [0.1, 0.15) is 16.2 Å². The quantitative estimate of drug-likeness (QED) is 0.788. The minimum absolute atomic E-state index is 0.00869. The van der Waals surface area contributed by atoms with Gasteiger partial charge in [-0.15, -0.1) is 0 Å². The van der Waals surface area contributed by atoms with E-state index in [0.29, 0.717) is 11.4 Å². The number of aromatic nitrogens is 3. The average molecular weight is 299 g/mol. The van der Waals surface area contributed by atoms with Crippen molar-refractivity contribution >= 4 is 28.4 Å². The van der Waals surface area contributed by atoms with Gasteiger partial charge in [-0.3, -0.25) is 9.78 Å². The van der Waals surface area contributed by atoms with Crippen LogP contribution in [-0.2, 0) is 0 Å². The number of hydrogen-bond acceptors (Lipinski definition) is 4. The Balaban J connectivity index is 2.18. The molecule has 1 amide bonds. The van der Waals surface area contributed by atoms with Gasteiger partial charge in [0.15, 0.2) is 10.8 Å². The van der Waals surface area contributed by atoms with E-state index in [9.17, 15) is 4.79 Å². The molecule has 0 unspecified atom stereocenters. The molecule has 0 bridgehead atoms. The first-order chi connectivity index (χ1) is 10.1. The highest BCUT2D eigenvalue weighted by molar-refractivity contribution is 6.32. The smallest absolute Gasteiger partial charge is 0.270 e. The summed E-state index contributed by atoms with van der Waals surface area (Å²) in [6.07, 6.45) is 1.74. The molecular formula is C15H11ClN4O. The lowest BCUT2D eigenvalue weighted by atomic mass is 10.1. The molecule has 0 saturated carbocycles. The summed E-state index contributed by atoms with van der Waals surface area (Å²) in [7, 11) is 0. The Bertz CT molecular complexity index is 863. The summed E-state index contributed by atoms with van der Waals surface area (Å²) in [6.45, 7) is 1.76. The molecule has 0 fully saturated rings. The van der Waals surface area contributed by atoms with E-state index in [-0.39, 0.29) is 10.8 Å². The Morgan fingerprint density at radius 2 is 2.05 bits per heavy atom. The van der Waals surface area contributed by atoms with E-state index in [1.54, 1.807) is 13.1 Å². The van der Waals surface area contributed by atoms with Crippen molar-refractivity contribution in [1.82, 2.24) is 15.0 Å². The van der Waals surface area contributed by atoms with Crippen LogP contribution in [0.15, 0.2) is 36.5 Å². The van der Waals surface area contributed by atoms with Crippen molar-refractivity contribution in [3.05, 3.63) is 53.1 Å². The monoisotopic (exact) mass is 298 g/mol. The third-order valence-electron chi connectivity index (χ3n) is 3.14. The van der Waals surface area contributed by atoms with Gasteiger partial charge in [-0.25, -0.2) is 9.97 Å². The zero-order valence-corrected chi connectivity index (χ0v) is 11.9. The summed E-state index contributed by atoms with van der Waals surface area (Å²) in [6, 6.07) is 9.59. The third kappa shape index (κ3) is 2.43. The SMILES string of the molecule is Cc1nc(C(N)=O)c(Cl)nc1-c1ccc2ncccc2c1. The number of benzene rings is 1. The molecule has 2 N–H and O–H groups in total. The van der Waals surface area contributed by atoms with Gasteiger partial charge in [-0.1, -0.05) is 23.7 Å². The first-order valence-electron chi connectivity index (χ1n) is 6.25. The molecule has 2 aromatic heterocycles. The zero-order chi connectivity index (χ0) is 15.0. The lowest BCUT2D eigenvalue weighted by Gasteiger charge is -2.08. The molecule has 0 aliphatic heterocycles. The summed E-state index contributed by atoms with van der Waals surface area (Å²) in [4.78, 5) is 23.9. The second-order valence-corrected chi connectivity index (χ2v) is 4.93. The fraction of sp³-hybridized carbons (Fsp3) is 0.0667. The molecule has 0 aliphatic carbocycles. The minimum atomic E-state index is -0.690. The second-order valence-electron chi connectivity index (χ2n) is 4.57. The third-order valence-corrected chi connectivity index (χ3v) is 3.40. The summed E-state index contributed by atoms with van der Waals surface area (Å²) in [5.41, 5.74) is 8.17. The van der Waals surface area contributed by atoms with E-state index < -0.39 is 5.91 Å². The van der Waals surface area contributed by atoms with Gasteiger partial charge in [-0.05, 0) is 25.1 Å². The first kappa shape index (κ1) is 13.5. The molecule has 0 spiro atoms. The van der Waals surface area contributed by atoms with Crippen LogP contribution in [-0.4, -0.2) is 20.9 Å². The van der Waals surface area contributed by atoms with Gasteiger partial charge in [0.1, 0.15) is 0 Å². The Kier molecular flexibility index (Phi) is 3.27. The highest BCUT2D eigenvalue weighted by Gasteiger charge is 2.15. The van der Waals surface area contributed by atoms with Crippen LogP contribution in [0.5, 0.6) is 0 Å². The van der Waals surface area contributed by atoms with Gasteiger partial charge >= 0.3 is 0 Å². The zero-order valence-electron chi connectivity index (χ0n) is 11.2. The number of rotatable bonds is 2. The Labute approximate surface area is 125 Å². The van der Waals surface area contributed by atoms with Crippen molar-refractivity contribution < 1.29 is 4.79 Å². The molecule has 0 aliphatic rings. The average Bonchev–Trinajstić information content (AvgIpc) is 2.48. The van der Waals surface area contributed by atoms with Gasteiger partial charge in [0, 0.05) is 17.1 Å². The summed E-state index contributed by atoms with van der Waals surface area (Å²) < 4.78 is 0. The number of aryl methyl sites for hydroxylation is 1. The Hall–Kier alpha value is -2.53. The van der Waals surface area contributed by atoms with Crippen molar-refractivity contribution in [2.24, 2.45) is 5.73 Å². The Morgan fingerprint density at radius 3 is 2.81 bits per heavy atom. The van der Waals surface area contributed by atoms with Crippen LogP contribution in [0.3, 0.4) is 0 Å². The number of nitrogens with two attached hydrogens (primary N) is 1. The van der Waals surface area contributed by atoms with Crippen LogP contribution in [0, 0.1) is 6.92 Å². The van der Waals surface area contributed by atoms with Crippen molar-refractivity contribution in [3.8, 4) is 11.3 Å². The fourth-order valence-electron chi connectivity index (χ4n) is 2.15. The number of pyridine rings is 1. The summed E-state index contributed by atoms with van der Waals surface area (Å²) >= 11 is 5.98. The number of carbonyl (C=O) groups excluding carboxylic acids is 1. The van der Waals surface area contributed by atoms with Crippen LogP contribution in [0.2, 0.25) is 5.15 Å². The van der Waals surface area contributed by atoms with E-state index >= 15 is 0 Å². The van der Waals surface area contributed by atoms with E-state index in [2.05, 4.69) is 15.0 Å². The summed E-state index contributed by atoms with van der Waals surface area (Å²) in [5, 5.41) is 1.00. The molecule has 21 heavy (non-hydrogen) atoms. The van der Waals surface area contributed by atoms with Crippen LogP contribution >= 0.6 is 11.6 Å². The maximum atomic E-state index is 11.2. The lowest BCUT2D eigenvalue weighted by Crippen LogP contribution is -2.15.